The molecule has 0 unspecified atom stereocenters. The molecule has 0 saturated carbocycles. The maximum absolute atomic E-state index is 11.8. The van der Waals surface area contributed by atoms with Crippen LogP contribution in [-0.4, -0.2) is 35.5 Å². The zero-order valence-corrected chi connectivity index (χ0v) is 13.6. The minimum Gasteiger partial charge on any atom is -0.459 e. The zero-order valence-electron chi connectivity index (χ0n) is 13.6. The monoisotopic (exact) mass is 345 g/mol. The van der Waals surface area contributed by atoms with Gasteiger partial charge >= 0.3 is 11.8 Å². The number of benzene rings is 1. The van der Waals surface area contributed by atoms with E-state index in [4.69, 9.17) is 9.52 Å². The smallest absolute Gasteiger partial charge is 0.313 e. The van der Waals surface area contributed by atoms with E-state index in [9.17, 15) is 14.4 Å². The highest BCUT2D eigenvalue weighted by Gasteiger charge is 2.17. The summed E-state index contributed by atoms with van der Waals surface area (Å²) in [7, 11) is 0. The van der Waals surface area contributed by atoms with E-state index in [2.05, 4.69) is 16.0 Å². The van der Waals surface area contributed by atoms with Crippen molar-refractivity contribution in [2.45, 2.75) is 19.4 Å². The highest BCUT2D eigenvalue weighted by molar-refractivity contribution is 6.39. The highest BCUT2D eigenvalue weighted by atomic mass is 16.3. The van der Waals surface area contributed by atoms with E-state index in [-0.39, 0.29) is 12.4 Å². The number of nitrogens with one attached hydrogen (secondary N) is 3. The number of furan rings is 1. The van der Waals surface area contributed by atoms with Crippen molar-refractivity contribution in [2.24, 2.45) is 0 Å². The lowest BCUT2D eigenvalue weighted by molar-refractivity contribution is -0.136. The van der Waals surface area contributed by atoms with Crippen LogP contribution in [0, 0.1) is 0 Å². The Labute approximate surface area is 144 Å². The Morgan fingerprint density at radius 1 is 1.04 bits per heavy atom. The fourth-order valence-corrected chi connectivity index (χ4v) is 1.95. The Kier molecular flexibility index (Phi) is 6.30. The van der Waals surface area contributed by atoms with Gasteiger partial charge in [0.05, 0.1) is 18.9 Å². The van der Waals surface area contributed by atoms with E-state index in [0.717, 1.165) is 0 Å². The molecule has 4 N–H and O–H groups in total. The molecule has 0 aliphatic heterocycles. The van der Waals surface area contributed by atoms with Crippen molar-refractivity contribution in [2.75, 3.05) is 17.2 Å². The number of hydrogen-bond acceptors (Lipinski definition) is 5. The van der Waals surface area contributed by atoms with E-state index < -0.39 is 23.8 Å². The largest absolute Gasteiger partial charge is 0.459 e. The van der Waals surface area contributed by atoms with Gasteiger partial charge in [0.1, 0.15) is 0 Å². The molecule has 2 rings (SSSR count). The predicted octanol–water partition coefficient (Wildman–Crippen LogP) is 1.36. The fourth-order valence-electron chi connectivity index (χ4n) is 1.95. The summed E-state index contributed by atoms with van der Waals surface area (Å²) in [6, 6.07) is 8.95. The van der Waals surface area contributed by atoms with Crippen LogP contribution >= 0.6 is 0 Å². The Balaban J connectivity index is 1.90. The normalized spacial score (nSPS) is 11.4. The minimum atomic E-state index is -0.834. The van der Waals surface area contributed by atoms with Crippen molar-refractivity contribution in [3.63, 3.8) is 0 Å². The molecule has 0 spiro atoms. The Hall–Kier alpha value is -3.13. The van der Waals surface area contributed by atoms with Gasteiger partial charge in [-0.3, -0.25) is 14.4 Å². The van der Waals surface area contributed by atoms with Crippen LogP contribution in [-0.2, 0) is 9.59 Å². The van der Waals surface area contributed by atoms with Crippen molar-refractivity contribution in [1.29, 1.82) is 0 Å². The van der Waals surface area contributed by atoms with Gasteiger partial charge in [-0.15, -0.1) is 0 Å². The second-order valence-corrected chi connectivity index (χ2v) is 5.22. The topological polar surface area (TPSA) is 121 Å². The predicted molar refractivity (Wildman–Crippen MR) is 91.0 cm³/mol. The standard InChI is InChI=1S/C17H19N3O5/c1-2-11(10-21)18-16(23)17(24)20-13-7-5-12(6-8-13)19-15(22)14-4-3-9-25-14/h3-9,11,21H,2,10H2,1H3,(H,18,23)(H,19,22)(H,20,24)/t11-/m1/s1. The van der Waals surface area contributed by atoms with E-state index >= 15 is 0 Å². The molecule has 2 aromatic rings. The van der Waals surface area contributed by atoms with Gasteiger partial charge in [-0.05, 0) is 42.8 Å². The van der Waals surface area contributed by atoms with Crippen LogP contribution < -0.4 is 16.0 Å². The molecule has 0 saturated heterocycles. The summed E-state index contributed by atoms with van der Waals surface area (Å²) < 4.78 is 4.99. The number of aliphatic hydroxyl groups excluding tert-OH is 1. The number of amides is 3. The molecule has 0 fully saturated rings. The Bertz CT molecular complexity index is 721. The molecule has 0 radical (unpaired) electrons. The fraction of sp³-hybridized carbons (Fsp3) is 0.235. The van der Waals surface area contributed by atoms with Gasteiger partial charge in [0.25, 0.3) is 5.91 Å². The van der Waals surface area contributed by atoms with Gasteiger partial charge in [-0.25, -0.2) is 0 Å². The average molecular weight is 345 g/mol. The number of anilines is 2. The SMILES string of the molecule is CC[C@H](CO)NC(=O)C(=O)Nc1ccc(NC(=O)c2ccco2)cc1. The lowest BCUT2D eigenvalue weighted by Crippen LogP contribution is -2.43. The van der Waals surface area contributed by atoms with Gasteiger partial charge in [0, 0.05) is 11.4 Å². The molecule has 1 heterocycles. The molecule has 25 heavy (non-hydrogen) atoms. The van der Waals surface area contributed by atoms with E-state index in [1.54, 1.807) is 43.3 Å². The lowest BCUT2D eigenvalue weighted by Gasteiger charge is -2.13. The number of aliphatic hydroxyl groups is 1. The third-order valence-electron chi connectivity index (χ3n) is 3.40. The van der Waals surface area contributed by atoms with Gasteiger partial charge in [0.2, 0.25) is 0 Å². The average Bonchev–Trinajstić information content (AvgIpc) is 3.15. The number of hydrogen-bond donors (Lipinski definition) is 4. The lowest BCUT2D eigenvalue weighted by atomic mass is 10.2. The van der Waals surface area contributed by atoms with Crippen molar-refractivity contribution in [3.8, 4) is 0 Å². The van der Waals surface area contributed by atoms with Gasteiger partial charge < -0.3 is 25.5 Å². The molecule has 0 bridgehead atoms. The van der Waals surface area contributed by atoms with Gasteiger partial charge in [0.15, 0.2) is 5.76 Å². The first kappa shape index (κ1) is 18.2. The molecule has 132 valence electrons. The molecule has 1 aromatic carbocycles. The van der Waals surface area contributed by atoms with Gasteiger partial charge in [-0.1, -0.05) is 6.92 Å². The molecule has 8 heteroatoms. The van der Waals surface area contributed by atoms with Crippen LogP contribution in [0.3, 0.4) is 0 Å². The minimum absolute atomic E-state index is 0.184. The van der Waals surface area contributed by atoms with Crippen LogP contribution in [0.5, 0.6) is 0 Å². The van der Waals surface area contributed by atoms with Crippen molar-refractivity contribution >= 4 is 29.1 Å². The maximum Gasteiger partial charge on any atom is 0.313 e. The first-order valence-corrected chi connectivity index (χ1v) is 7.71. The maximum atomic E-state index is 11.8. The quantitative estimate of drug-likeness (QED) is 0.589. The summed E-state index contributed by atoms with van der Waals surface area (Å²) in [4.78, 5) is 35.4. The Morgan fingerprint density at radius 3 is 2.20 bits per heavy atom. The van der Waals surface area contributed by atoms with Crippen molar-refractivity contribution in [1.82, 2.24) is 5.32 Å². The number of carbonyl (C=O) groups excluding carboxylic acids is 3. The summed E-state index contributed by atoms with van der Waals surface area (Å²) >= 11 is 0. The van der Waals surface area contributed by atoms with Crippen LogP contribution in [0.4, 0.5) is 11.4 Å². The summed E-state index contributed by atoms with van der Waals surface area (Å²) in [5, 5.41) is 16.5. The highest BCUT2D eigenvalue weighted by Crippen LogP contribution is 2.15. The molecular formula is C17H19N3O5. The van der Waals surface area contributed by atoms with Crippen molar-refractivity contribution in [3.05, 3.63) is 48.4 Å². The summed E-state index contributed by atoms with van der Waals surface area (Å²) in [6.45, 7) is 1.55. The van der Waals surface area contributed by atoms with Crippen LogP contribution in [0.25, 0.3) is 0 Å². The molecule has 0 aliphatic carbocycles. The summed E-state index contributed by atoms with van der Waals surface area (Å²) in [5.41, 5.74) is 0.906. The first-order valence-electron chi connectivity index (χ1n) is 7.71. The second-order valence-electron chi connectivity index (χ2n) is 5.22. The van der Waals surface area contributed by atoms with E-state index in [1.807, 2.05) is 0 Å². The van der Waals surface area contributed by atoms with Crippen molar-refractivity contribution < 1.29 is 23.9 Å². The first-order chi connectivity index (χ1) is 12.0. The third kappa shape index (κ3) is 5.18. The van der Waals surface area contributed by atoms with E-state index in [1.165, 1.54) is 6.26 Å². The number of carbonyl (C=O) groups is 3. The summed E-state index contributed by atoms with van der Waals surface area (Å²) in [6.07, 6.45) is 1.91. The molecular weight excluding hydrogens is 326 g/mol. The third-order valence-corrected chi connectivity index (χ3v) is 3.40. The zero-order chi connectivity index (χ0) is 18.2. The van der Waals surface area contributed by atoms with Crippen LogP contribution in [0.15, 0.2) is 47.1 Å². The molecule has 3 amide bonds. The second kappa shape index (κ2) is 8.65. The molecule has 8 nitrogen and oxygen atoms in total. The van der Waals surface area contributed by atoms with Crippen LogP contribution in [0.1, 0.15) is 23.9 Å². The number of rotatable bonds is 6. The van der Waals surface area contributed by atoms with Crippen LogP contribution in [0.2, 0.25) is 0 Å². The molecule has 1 atom stereocenters. The van der Waals surface area contributed by atoms with Gasteiger partial charge in [-0.2, -0.15) is 0 Å². The summed E-state index contributed by atoms with van der Waals surface area (Å²) in [5.74, 6) is -1.87. The molecule has 1 aromatic heterocycles. The van der Waals surface area contributed by atoms with E-state index in [0.29, 0.717) is 17.8 Å². The Morgan fingerprint density at radius 2 is 1.68 bits per heavy atom. The molecule has 0 aliphatic rings.